The van der Waals surface area contributed by atoms with E-state index in [-0.39, 0.29) is 0 Å². The third-order valence-corrected chi connectivity index (χ3v) is 10.5. The number of hydrogen-bond acceptors (Lipinski definition) is 3. The van der Waals surface area contributed by atoms with Crippen LogP contribution in [0, 0.1) is 0 Å². The van der Waals surface area contributed by atoms with Crippen LogP contribution >= 0.6 is 7.26 Å². The molecule has 0 aromatic carbocycles. The van der Waals surface area contributed by atoms with Crippen molar-refractivity contribution in [3.8, 4) is 0 Å². The van der Waals surface area contributed by atoms with Crippen molar-refractivity contribution in [2.75, 3.05) is 24.6 Å². The molecule has 0 aromatic rings. The van der Waals surface area contributed by atoms with Crippen LogP contribution in [0.4, 0.5) is 0 Å². The highest BCUT2D eigenvalue weighted by atomic mass is 32.3. The predicted molar refractivity (Wildman–Crippen MR) is 121 cm³/mol. The van der Waals surface area contributed by atoms with Crippen LogP contribution in [-0.2, 0) is 10.4 Å². The molecule has 1 N–H and O–H groups in total. The molecule has 166 valence electrons. The molecule has 0 aliphatic rings. The summed E-state index contributed by atoms with van der Waals surface area (Å²) in [5.41, 5.74) is 0. The molecule has 0 amide bonds. The molecule has 4 nitrogen and oxygen atoms in total. The first-order chi connectivity index (χ1) is 12.7. The molecule has 0 fully saturated rings. The largest absolute Gasteiger partial charge is 0.726 e. The second-order valence-electron chi connectivity index (χ2n) is 7.85. The molecule has 0 aliphatic heterocycles. The van der Waals surface area contributed by atoms with Gasteiger partial charge in [-0.1, -0.05) is 79.1 Å². The summed E-state index contributed by atoms with van der Waals surface area (Å²) >= 11 is 0. The van der Waals surface area contributed by atoms with Crippen LogP contribution in [0.1, 0.15) is 111 Å². The number of rotatable bonds is 17. The third kappa shape index (κ3) is 24.3. The fourth-order valence-corrected chi connectivity index (χ4v) is 9.11. The van der Waals surface area contributed by atoms with Crippen LogP contribution in [0.25, 0.3) is 0 Å². The molecule has 0 saturated carbocycles. The third-order valence-electron chi connectivity index (χ3n) is 5.08. The average Bonchev–Trinajstić information content (AvgIpc) is 2.56. The first-order valence-corrected chi connectivity index (χ1v) is 15.2. The van der Waals surface area contributed by atoms with E-state index in [0.717, 1.165) is 0 Å². The van der Waals surface area contributed by atoms with Crippen LogP contribution < -0.4 is 0 Å². The molecule has 0 heterocycles. The van der Waals surface area contributed by atoms with Gasteiger partial charge in [0.2, 0.25) is 10.4 Å². The maximum absolute atomic E-state index is 8.63. The number of hydrogen-bond donors (Lipinski definition) is 1. The summed E-state index contributed by atoms with van der Waals surface area (Å²) in [5.74, 6) is 0. The lowest BCUT2D eigenvalue weighted by molar-refractivity contribution is 0.366. The first-order valence-electron chi connectivity index (χ1n) is 11.3. The van der Waals surface area contributed by atoms with E-state index in [2.05, 4.69) is 27.7 Å². The summed E-state index contributed by atoms with van der Waals surface area (Å²) in [5, 5.41) is 0. The Morgan fingerprint density at radius 1 is 0.593 bits per heavy atom. The van der Waals surface area contributed by atoms with Crippen molar-refractivity contribution < 1.29 is 17.5 Å². The maximum Gasteiger partial charge on any atom is 0.215 e. The van der Waals surface area contributed by atoms with Crippen molar-refractivity contribution in [3.63, 3.8) is 0 Å². The normalized spacial score (nSPS) is 11.9. The SMILES string of the molecule is CCCCCCCCCCCC[P+](CCC)(CCC)CCC.O=S(=O)([O-])O. The van der Waals surface area contributed by atoms with Crippen LogP contribution in [0.5, 0.6) is 0 Å². The van der Waals surface area contributed by atoms with Crippen LogP contribution in [-0.4, -0.2) is 42.2 Å². The Labute approximate surface area is 171 Å². The monoisotopic (exact) mass is 426 g/mol. The Hall–Kier alpha value is 0.300. The zero-order valence-electron chi connectivity index (χ0n) is 18.5. The van der Waals surface area contributed by atoms with Crippen molar-refractivity contribution in [1.29, 1.82) is 0 Å². The van der Waals surface area contributed by atoms with Gasteiger partial charge in [0.05, 0.1) is 24.6 Å². The number of unbranched alkanes of at least 4 members (excludes halogenated alkanes) is 9. The molecule has 0 atom stereocenters. The molecular formula is C21H47O4PS. The molecule has 0 unspecified atom stereocenters. The lowest BCUT2D eigenvalue weighted by Gasteiger charge is -2.27. The van der Waals surface area contributed by atoms with Crippen LogP contribution in [0.15, 0.2) is 0 Å². The summed E-state index contributed by atoms with van der Waals surface area (Å²) in [7, 11) is -5.49. The van der Waals surface area contributed by atoms with E-state index in [1.807, 2.05) is 0 Å². The summed E-state index contributed by atoms with van der Waals surface area (Å²) < 4.78 is 32.8. The van der Waals surface area contributed by atoms with Gasteiger partial charge >= 0.3 is 0 Å². The van der Waals surface area contributed by atoms with Gasteiger partial charge < -0.3 is 4.55 Å². The van der Waals surface area contributed by atoms with Gasteiger partial charge in [-0.05, 0) is 32.1 Å². The average molecular weight is 427 g/mol. The van der Waals surface area contributed by atoms with Crippen LogP contribution in [0.2, 0.25) is 0 Å². The van der Waals surface area contributed by atoms with E-state index in [0.29, 0.717) is 0 Å². The molecule has 0 aromatic heterocycles. The summed E-state index contributed by atoms with van der Waals surface area (Å²) in [4.78, 5) is 0. The Morgan fingerprint density at radius 3 is 1.19 bits per heavy atom. The van der Waals surface area contributed by atoms with Gasteiger partial charge in [0, 0.05) is 7.26 Å². The highest BCUT2D eigenvalue weighted by molar-refractivity contribution is 7.79. The van der Waals surface area contributed by atoms with Gasteiger partial charge in [-0.25, -0.2) is 8.42 Å². The van der Waals surface area contributed by atoms with Crippen molar-refractivity contribution in [3.05, 3.63) is 0 Å². The van der Waals surface area contributed by atoms with Gasteiger partial charge in [0.15, 0.2) is 0 Å². The van der Waals surface area contributed by atoms with E-state index >= 15 is 0 Å². The standard InChI is InChI=1S/C21H46P.H2O4S/c1-5-9-10-11-12-13-14-15-16-17-21-22(18-6-2,19-7-3)20-8-4;1-5(2,3)4/h5-21H2,1-4H3;(H2,1,2,3,4)/q+1;/p-1. The molecular weight excluding hydrogens is 379 g/mol. The second kappa shape index (κ2) is 19.6. The lowest BCUT2D eigenvalue weighted by atomic mass is 10.1. The fourth-order valence-electron chi connectivity index (χ4n) is 4.03. The zero-order valence-corrected chi connectivity index (χ0v) is 20.3. The Kier molecular flexibility index (Phi) is 21.4. The molecule has 0 spiro atoms. The maximum atomic E-state index is 8.63. The van der Waals surface area contributed by atoms with E-state index in [9.17, 15) is 0 Å². The minimum Gasteiger partial charge on any atom is -0.726 e. The van der Waals surface area contributed by atoms with Gasteiger partial charge in [0.1, 0.15) is 0 Å². The van der Waals surface area contributed by atoms with Gasteiger partial charge in [0.25, 0.3) is 0 Å². The lowest BCUT2D eigenvalue weighted by Crippen LogP contribution is -2.11. The van der Waals surface area contributed by atoms with E-state index < -0.39 is 17.7 Å². The molecule has 0 bridgehead atoms. The summed E-state index contributed by atoms with van der Waals surface area (Å²) in [6, 6.07) is 0. The van der Waals surface area contributed by atoms with Gasteiger partial charge in [-0.3, -0.25) is 4.55 Å². The van der Waals surface area contributed by atoms with E-state index in [1.54, 1.807) is 24.6 Å². The summed E-state index contributed by atoms with van der Waals surface area (Å²) in [6.45, 7) is 9.51. The molecule has 0 rings (SSSR count). The molecule has 0 radical (unpaired) electrons. The summed E-state index contributed by atoms with van der Waals surface area (Å²) in [6.07, 6.45) is 25.4. The highest BCUT2D eigenvalue weighted by Crippen LogP contribution is 2.60. The van der Waals surface area contributed by atoms with E-state index in [4.69, 9.17) is 17.5 Å². The van der Waals surface area contributed by atoms with Crippen molar-refractivity contribution in [2.24, 2.45) is 0 Å². The molecule has 0 aliphatic carbocycles. The quantitative estimate of drug-likeness (QED) is 0.116. The Morgan fingerprint density at radius 2 is 0.889 bits per heavy atom. The fraction of sp³-hybridized carbons (Fsp3) is 1.00. The van der Waals surface area contributed by atoms with Gasteiger partial charge in [-0.15, -0.1) is 0 Å². The van der Waals surface area contributed by atoms with E-state index in [1.165, 1.54) is 83.5 Å². The zero-order chi connectivity index (χ0) is 21.0. The van der Waals surface area contributed by atoms with Crippen molar-refractivity contribution in [2.45, 2.75) is 111 Å². The van der Waals surface area contributed by atoms with Gasteiger partial charge in [-0.2, -0.15) is 0 Å². The second-order valence-corrected chi connectivity index (χ2v) is 13.2. The van der Waals surface area contributed by atoms with Crippen molar-refractivity contribution >= 4 is 17.7 Å². The van der Waals surface area contributed by atoms with Crippen LogP contribution in [0.3, 0.4) is 0 Å². The predicted octanol–water partition coefficient (Wildman–Crippen LogP) is 7.16. The van der Waals surface area contributed by atoms with Crippen molar-refractivity contribution in [1.82, 2.24) is 0 Å². The Balaban J connectivity index is 0. The topological polar surface area (TPSA) is 77.4 Å². The first kappa shape index (κ1) is 29.5. The minimum absolute atomic E-state index is 0.570. The smallest absolute Gasteiger partial charge is 0.215 e. The minimum atomic E-state index is -4.92. The molecule has 6 heteroatoms. The highest BCUT2D eigenvalue weighted by Gasteiger charge is 2.33. The molecule has 0 saturated heterocycles. The Bertz CT molecular complexity index is 374. The molecule has 27 heavy (non-hydrogen) atoms.